The first-order valence-electron chi connectivity index (χ1n) is 10.4. The molecule has 3 atom stereocenters. The number of anilines is 1. The highest BCUT2D eigenvalue weighted by Crippen LogP contribution is 2.64. The third kappa shape index (κ3) is 1.95. The summed E-state index contributed by atoms with van der Waals surface area (Å²) >= 11 is 0. The van der Waals surface area contributed by atoms with Crippen LogP contribution in [0.4, 0.5) is 5.69 Å². The molecule has 148 valence electrons. The monoisotopic (exact) mass is 394 g/mol. The van der Waals surface area contributed by atoms with E-state index in [1.807, 2.05) is 67.7 Å². The van der Waals surface area contributed by atoms with Crippen LogP contribution in [0.2, 0.25) is 0 Å². The molecule has 1 N–H and O–H groups in total. The van der Waals surface area contributed by atoms with Crippen LogP contribution in [0.1, 0.15) is 33.0 Å². The standard InChI is InChI=1S/C26H22N2O2/c1-28-16-25(15-18-11-5-6-12-19(18)23(25)29)22(17-9-3-2-4-10-17)26(28)20-13-7-8-14-21(20)27-24(26)30/h2-14,22H,15-16H2,1H3,(H,27,30). The fourth-order valence-corrected chi connectivity index (χ4v) is 6.34. The van der Waals surface area contributed by atoms with Gasteiger partial charge in [0, 0.05) is 29.3 Å². The van der Waals surface area contributed by atoms with Crippen molar-refractivity contribution in [3.8, 4) is 0 Å². The van der Waals surface area contributed by atoms with Gasteiger partial charge < -0.3 is 5.32 Å². The number of nitrogens with one attached hydrogen (secondary N) is 1. The molecule has 1 saturated heterocycles. The van der Waals surface area contributed by atoms with Crippen molar-refractivity contribution in [2.24, 2.45) is 5.41 Å². The van der Waals surface area contributed by atoms with E-state index in [1.165, 1.54) is 0 Å². The molecule has 0 bridgehead atoms. The Balaban J connectivity index is 1.65. The Kier molecular flexibility index (Phi) is 3.46. The number of benzene rings is 3. The predicted molar refractivity (Wildman–Crippen MR) is 115 cm³/mol. The molecule has 4 nitrogen and oxygen atoms in total. The fourth-order valence-electron chi connectivity index (χ4n) is 6.34. The summed E-state index contributed by atoms with van der Waals surface area (Å²) in [5.41, 5.74) is 3.15. The van der Waals surface area contributed by atoms with Crippen LogP contribution in [0.3, 0.4) is 0 Å². The average Bonchev–Trinajstić information content (AvgIpc) is 3.32. The molecule has 0 saturated carbocycles. The zero-order valence-corrected chi connectivity index (χ0v) is 16.8. The minimum absolute atomic E-state index is 0.0410. The number of Topliss-reactive ketones (excluding diaryl/α,β-unsaturated/α-hetero) is 1. The summed E-state index contributed by atoms with van der Waals surface area (Å²) in [7, 11) is 1.99. The third-order valence-corrected chi connectivity index (χ3v) is 7.38. The van der Waals surface area contributed by atoms with Crippen LogP contribution in [0.25, 0.3) is 0 Å². The van der Waals surface area contributed by atoms with Gasteiger partial charge in [0.25, 0.3) is 0 Å². The topological polar surface area (TPSA) is 49.4 Å². The quantitative estimate of drug-likeness (QED) is 0.679. The number of para-hydroxylation sites is 1. The highest BCUT2D eigenvalue weighted by molar-refractivity contribution is 6.11. The van der Waals surface area contributed by atoms with Gasteiger partial charge in [0.05, 0.1) is 5.41 Å². The van der Waals surface area contributed by atoms with Crippen LogP contribution in [0, 0.1) is 5.41 Å². The van der Waals surface area contributed by atoms with Gasteiger partial charge in [-0.1, -0.05) is 72.8 Å². The second-order valence-electron chi connectivity index (χ2n) is 8.79. The first kappa shape index (κ1) is 17.6. The lowest BCUT2D eigenvalue weighted by Crippen LogP contribution is -2.49. The lowest BCUT2D eigenvalue weighted by atomic mass is 9.63. The molecule has 1 fully saturated rings. The molecule has 0 radical (unpaired) electrons. The van der Waals surface area contributed by atoms with Crippen molar-refractivity contribution < 1.29 is 9.59 Å². The summed E-state index contributed by atoms with van der Waals surface area (Å²) in [6, 6.07) is 25.9. The van der Waals surface area contributed by atoms with Crippen LogP contribution in [-0.4, -0.2) is 30.2 Å². The summed E-state index contributed by atoms with van der Waals surface area (Å²) < 4.78 is 0. The maximum absolute atomic E-state index is 14.0. The summed E-state index contributed by atoms with van der Waals surface area (Å²) in [5.74, 6) is -0.159. The van der Waals surface area contributed by atoms with E-state index < -0.39 is 11.0 Å². The fraction of sp³-hybridized carbons (Fsp3) is 0.231. The highest BCUT2D eigenvalue weighted by Gasteiger charge is 2.70. The van der Waals surface area contributed by atoms with Crippen LogP contribution in [-0.2, 0) is 16.8 Å². The van der Waals surface area contributed by atoms with Crippen molar-refractivity contribution in [1.29, 1.82) is 0 Å². The lowest BCUT2D eigenvalue weighted by Gasteiger charge is -2.38. The van der Waals surface area contributed by atoms with Crippen molar-refractivity contribution in [1.82, 2.24) is 4.90 Å². The molecule has 6 rings (SSSR count). The Morgan fingerprint density at radius 1 is 0.900 bits per heavy atom. The van der Waals surface area contributed by atoms with E-state index in [0.717, 1.165) is 27.9 Å². The van der Waals surface area contributed by atoms with Crippen LogP contribution in [0.5, 0.6) is 0 Å². The number of nitrogens with zero attached hydrogens (tertiary/aromatic N) is 1. The molecule has 3 unspecified atom stereocenters. The SMILES string of the molecule is CN1CC2(Cc3ccccc3C2=O)C(c2ccccc2)C12C(=O)Nc1ccccc12. The van der Waals surface area contributed by atoms with E-state index in [9.17, 15) is 9.59 Å². The number of ketones is 1. The van der Waals surface area contributed by atoms with Crippen LogP contribution < -0.4 is 5.32 Å². The Morgan fingerprint density at radius 3 is 2.40 bits per heavy atom. The van der Waals surface area contributed by atoms with E-state index in [4.69, 9.17) is 0 Å². The molecule has 2 aliphatic heterocycles. The van der Waals surface area contributed by atoms with Crippen LogP contribution >= 0.6 is 0 Å². The number of fused-ring (bicyclic) bond motifs is 3. The zero-order valence-electron chi connectivity index (χ0n) is 16.8. The van der Waals surface area contributed by atoms with Gasteiger partial charge in [-0.2, -0.15) is 0 Å². The molecule has 2 heterocycles. The second kappa shape index (κ2) is 5.89. The van der Waals surface area contributed by atoms with Gasteiger partial charge >= 0.3 is 0 Å². The Bertz CT molecular complexity index is 1200. The van der Waals surface area contributed by atoms with Crippen molar-refractivity contribution in [3.05, 3.63) is 101 Å². The minimum Gasteiger partial charge on any atom is -0.324 e. The van der Waals surface area contributed by atoms with E-state index >= 15 is 0 Å². The van der Waals surface area contributed by atoms with Gasteiger partial charge in [0.15, 0.2) is 5.78 Å². The smallest absolute Gasteiger partial charge is 0.250 e. The van der Waals surface area contributed by atoms with Crippen molar-refractivity contribution in [3.63, 3.8) is 0 Å². The summed E-state index contributed by atoms with van der Waals surface area (Å²) in [4.78, 5) is 29.8. The van der Waals surface area contributed by atoms with Gasteiger partial charge in [-0.25, -0.2) is 0 Å². The molecule has 1 amide bonds. The third-order valence-electron chi connectivity index (χ3n) is 7.38. The van der Waals surface area contributed by atoms with E-state index in [2.05, 4.69) is 28.4 Å². The summed E-state index contributed by atoms with van der Waals surface area (Å²) in [6.07, 6.45) is 0.656. The molecule has 3 aromatic rings. The van der Waals surface area contributed by atoms with Gasteiger partial charge in [0.1, 0.15) is 5.54 Å². The molecular weight excluding hydrogens is 372 g/mol. The van der Waals surface area contributed by atoms with E-state index in [-0.39, 0.29) is 17.6 Å². The Morgan fingerprint density at radius 2 is 1.60 bits per heavy atom. The highest BCUT2D eigenvalue weighted by atomic mass is 16.2. The predicted octanol–water partition coefficient (Wildman–Crippen LogP) is 3.99. The number of hydrogen-bond donors (Lipinski definition) is 1. The first-order chi connectivity index (χ1) is 14.6. The minimum atomic E-state index is -0.907. The largest absolute Gasteiger partial charge is 0.324 e. The molecule has 1 aliphatic carbocycles. The average molecular weight is 394 g/mol. The number of likely N-dealkylation sites (tertiary alicyclic amines) is 1. The summed E-state index contributed by atoms with van der Waals surface area (Å²) in [5, 5.41) is 3.11. The maximum Gasteiger partial charge on any atom is 0.250 e. The van der Waals surface area contributed by atoms with Gasteiger partial charge in [-0.15, -0.1) is 0 Å². The van der Waals surface area contributed by atoms with Crippen molar-refractivity contribution in [2.45, 2.75) is 17.9 Å². The Hall–Kier alpha value is -3.24. The van der Waals surface area contributed by atoms with Gasteiger partial charge in [-0.05, 0) is 30.7 Å². The summed E-state index contributed by atoms with van der Waals surface area (Å²) in [6.45, 7) is 0.543. The lowest BCUT2D eigenvalue weighted by molar-refractivity contribution is -0.126. The Labute approximate surface area is 175 Å². The number of hydrogen-bond acceptors (Lipinski definition) is 3. The van der Waals surface area contributed by atoms with Crippen molar-refractivity contribution in [2.75, 3.05) is 18.9 Å². The second-order valence-corrected chi connectivity index (χ2v) is 8.79. The maximum atomic E-state index is 14.0. The zero-order chi connectivity index (χ0) is 20.5. The van der Waals surface area contributed by atoms with Crippen LogP contribution in [0.15, 0.2) is 78.9 Å². The number of carbonyl (C=O) groups excluding carboxylic acids is 2. The van der Waals surface area contributed by atoms with Gasteiger partial charge in [-0.3, -0.25) is 14.5 Å². The normalized spacial score (nSPS) is 29.4. The number of rotatable bonds is 1. The molecule has 30 heavy (non-hydrogen) atoms. The first-order valence-corrected chi connectivity index (χ1v) is 10.4. The molecule has 3 aromatic carbocycles. The number of likely N-dealkylation sites (N-methyl/N-ethyl adjacent to an activating group) is 1. The number of carbonyl (C=O) groups is 2. The molecule has 3 aliphatic rings. The van der Waals surface area contributed by atoms with E-state index in [0.29, 0.717) is 13.0 Å². The van der Waals surface area contributed by atoms with Gasteiger partial charge in [0.2, 0.25) is 5.91 Å². The molecule has 0 aromatic heterocycles. The van der Waals surface area contributed by atoms with Crippen molar-refractivity contribution >= 4 is 17.4 Å². The molecule has 4 heteroatoms. The molecular formula is C26H22N2O2. The number of amides is 1. The van der Waals surface area contributed by atoms with E-state index in [1.54, 1.807) is 0 Å². The molecule has 2 spiro atoms.